The van der Waals surface area contributed by atoms with E-state index in [2.05, 4.69) is 9.97 Å². The van der Waals surface area contributed by atoms with Gasteiger partial charge in [0.15, 0.2) is 0 Å². The number of nitrogens with zero attached hydrogens (tertiary/aromatic N) is 3. The molecule has 1 aromatic heterocycles. The fourth-order valence-corrected chi connectivity index (χ4v) is 2.99. The van der Waals surface area contributed by atoms with E-state index in [0.717, 1.165) is 11.3 Å². The van der Waals surface area contributed by atoms with E-state index in [1.54, 1.807) is 12.4 Å². The molecule has 6 heteroatoms. The largest absolute Gasteiger partial charge is 0.491 e. The molecular formula is C19H23N3O3. The highest BCUT2D eigenvalue weighted by Crippen LogP contribution is 2.22. The summed E-state index contributed by atoms with van der Waals surface area (Å²) in [5.41, 5.74) is 0.403. The van der Waals surface area contributed by atoms with Crippen LogP contribution in [0, 0.1) is 0 Å². The van der Waals surface area contributed by atoms with E-state index in [1.807, 2.05) is 49.1 Å². The molecule has 1 aromatic carbocycles. The summed E-state index contributed by atoms with van der Waals surface area (Å²) in [4.78, 5) is 22.4. The summed E-state index contributed by atoms with van der Waals surface area (Å²) in [6, 6.07) is 9.62. The SMILES string of the molecule is CC1(C)CN(C(=O)Cc2cncnc2)C[C@@H](COc2ccccc2)O1. The lowest BCUT2D eigenvalue weighted by Crippen LogP contribution is -2.56. The monoisotopic (exact) mass is 341 g/mol. The molecule has 0 saturated carbocycles. The third kappa shape index (κ3) is 5.00. The second-order valence-corrected chi connectivity index (χ2v) is 6.82. The van der Waals surface area contributed by atoms with Crippen molar-refractivity contribution in [1.29, 1.82) is 0 Å². The number of benzene rings is 1. The van der Waals surface area contributed by atoms with Crippen molar-refractivity contribution in [2.45, 2.75) is 32.0 Å². The van der Waals surface area contributed by atoms with Gasteiger partial charge in [-0.3, -0.25) is 4.79 Å². The Morgan fingerprint density at radius 2 is 2.00 bits per heavy atom. The number of amides is 1. The molecule has 2 heterocycles. The molecule has 1 amide bonds. The molecule has 1 atom stereocenters. The van der Waals surface area contributed by atoms with Crippen molar-refractivity contribution in [2.24, 2.45) is 0 Å². The molecule has 0 radical (unpaired) electrons. The lowest BCUT2D eigenvalue weighted by Gasteiger charge is -2.42. The number of para-hydroxylation sites is 1. The summed E-state index contributed by atoms with van der Waals surface area (Å²) in [5, 5.41) is 0. The van der Waals surface area contributed by atoms with Crippen LogP contribution in [0.25, 0.3) is 0 Å². The molecule has 6 nitrogen and oxygen atoms in total. The Labute approximate surface area is 147 Å². The van der Waals surface area contributed by atoms with E-state index in [4.69, 9.17) is 9.47 Å². The quantitative estimate of drug-likeness (QED) is 0.833. The number of carbonyl (C=O) groups is 1. The van der Waals surface area contributed by atoms with Crippen molar-refractivity contribution in [3.8, 4) is 5.75 Å². The van der Waals surface area contributed by atoms with Crippen LogP contribution in [0.4, 0.5) is 0 Å². The minimum Gasteiger partial charge on any atom is -0.491 e. The van der Waals surface area contributed by atoms with E-state index in [0.29, 0.717) is 26.1 Å². The van der Waals surface area contributed by atoms with Gasteiger partial charge in [-0.05, 0) is 31.5 Å². The summed E-state index contributed by atoms with van der Waals surface area (Å²) in [5.74, 6) is 0.852. The van der Waals surface area contributed by atoms with Gasteiger partial charge in [-0.2, -0.15) is 0 Å². The first-order chi connectivity index (χ1) is 12.0. The first kappa shape index (κ1) is 17.4. The standard InChI is InChI=1S/C19H23N3O3/c1-19(2)13-22(18(23)8-15-9-20-14-21-10-15)11-17(25-19)12-24-16-6-4-3-5-7-16/h3-7,9-10,14,17H,8,11-13H2,1-2H3/t17-/m0/s1. The molecule has 0 N–H and O–H groups in total. The highest BCUT2D eigenvalue weighted by molar-refractivity contribution is 5.78. The predicted molar refractivity (Wildman–Crippen MR) is 93.2 cm³/mol. The Balaban J connectivity index is 1.61. The second-order valence-electron chi connectivity index (χ2n) is 6.82. The molecular weight excluding hydrogens is 318 g/mol. The predicted octanol–water partition coefficient (Wildman–Crippen LogP) is 2.10. The van der Waals surface area contributed by atoms with Gasteiger partial charge in [0, 0.05) is 18.9 Å². The third-order valence-corrected chi connectivity index (χ3v) is 3.98. The molecule has 0 unspecified atom stereocenters. The van der Waals surface area contributed by atoms with E-state index in [9.17, 15) is 4.79 Å². The second kappa shape index (κ2) is 7.61. The maximum absolute atomic E-state index is 12.6. The first-order valence-electron chi connectivity index (χ1n) is 8.39. The van der Waals surface area contributed by atoms with Crippen molar-refractivity contribution < 1.29 is 14.3 Å². The molecule has 0 aliphatic carbocycles. The molecule has 3 rings (SSSR count). The van der Waals surface area contributed by atoms with E-state index < -0.39 is 5.60 Å². The highest BCUT2D eigenvalue weighted by atomic mass is 16.5. The Morgan fingerprint density at radius 3 is 2.72 bits per heavy atom. The molecule has 2 aromatic rings. The van der Waals surface area contributed by atoms with Crippen LogP contribution in [-0.2, 0) is 16.0 Å². The smallest absolute Gasteiger partial charge is 0.227 e. The van der Waals surface area contributed by atoms with Crippen LogP contribution in [0.3, 0.4) is 0 Å². The van der Waals surface area contributed by atoms with Crippen LogP contribution >= 0.6 is 0 Å². The Bertz CT molecular complexity index is 692. The fraction of sp³-hybridized carbons (Fsp3) is 0.421. The van der Waals surface area contributed by atoms with Crippen LogP contribution < -0.4 is 4.74 Å². The van der Waals surface area contributed by atoms with Gasteiger partial charge in [0.1, 0.15) is 24.8 Å². The number of ether oxygens (including phenoxy) is 2. The van der Waals surface area contributed by atoms with Gasteiger partial charge in [0.05, 0.1) is 18.6 Å². The third-order valence-electron chi connectivity index (χ3n) is 3.98. The molecule has 25 heavy (non-hydrogen) atoms. The fourth-order valence-electron chi connectivity index (χ4n) is 2.99. The number of aromatic nitrogens is 2. The number of carbonyl (C=O) groups excluding carboxylic acids is 1. The summed E-state index contributed by atoms with van der Waals surface area (Å²) in [6.45, 7) is 5.47. The van der Waals surface area contributed by atoms with Crippen LogP contribution in [0.2, 0.25) is 0 Å². The van der Waals surface area contributed by atoms with Gasteiger partial charge in [0.2, 0.25) is 5.91 Å². The highest BCUT2D eigenvalue weighted by Gasteiger charge is 2.35. The molecule has 1 saturated heterocycles. The van der Waals surface area contributed by atoms with Crippen LogP contribution in [0.1, 0.15) is 19.4 Å². The number of hydrogen-bond donors (Lipinski definition) is 0. The van der Waals surface area contributed by atoms with Crippen LogP contribution in [0.15, 0.2) is 49.1 Å². The van der Waals surface area contributed by atoms with Gasteiger partial charge >= 0.3 is 0 Å². The molecule has 132 valence electrons. The maximum Gasteiger partial charge on any atom is 0.227 e. The van der Waals surface area contributed by atoms with E-state index in [-0.39, 0.29) is 12.0 Å². The number of rotatable bonds is 5. The van der Waals surface area contributed by atoms with Crippen molar-refractivity contribution in [2.75, 3.05) is 19.7 Å². The van der Waals surface area contributed by atoms with Crippen LogP contribution in [0.5, 0.6) is 5.75 Å². The Morgan fingerprint density at radius 1 is 1.28 bits per heavy atom. The van der Waals surface area contributed by atoms with Crippen molar-refractivity contribution in [3.05, 3.63) is 54.6 Å². The number of hydrogen-bond acceptors (Lipinski definition) is 5. The first-order valence-corrected chi connectivity index (χ1v) is 8.39. The zero-order chi connectivity index (χ0) is 17.7. The van der Waals surface area contributed by atoms with E-state index in [1.165, 1.54) is 6.33 Å². The average molecular weight is 341 g/mol. The van der Waals surface area contributed by atoms with Gasteiger partial charge in [-0.15, -0.1) is 0 Å². The lowest BCUT2D eigenvalue weighted by molar-refractivity contribution is -0.165. The minimum absolute atomic E-state index is 0.0517. The molecule has 1 aliphatic rings. The zero-order valence-corrected chi connectivity index (χ0v) is 14.6. The van der Waals surface area contributed by atoms with Crippen LogP contribution in [-0.4, -0.2) is 52.2 Å². The van der Waals surface area contributed by atoms with Gasteiger partial charge < -0.3 is 14.4 Å². The summed E-state index contributed by atoms with van der Waals surface area (Å²) in [6.07, 6.45) is 4.94. The van der Waals surface area contributed by atoms with Gasteiger partial charge in [-0.25, -0.2) is 9.97 Å². The van der Waals surface area contributed by atoms with Crippen molar-refractivity contribution in [1.82, 2.24) is 14.9 Å². The average Bonchev–Trinajstić information content (AvgIpc) is 2.60. The Hall–Kier alpha value is -2.47. The summed E-state index contributed by atoms with van der Waals surface area (Å²) in [7, 11) is 0. The number of morpholine rings is 1. The molecule has 1 aliphatic heterocycles. The maximum atomic E-state index is 12.6. The molecule has 0 bridgehead atoms. The van der Waals surface area contributed by atoms with E-state index >= 15 is 0 Å². The summed E-state index contributed by atoms with van der Waals surface area (Å²) >= 11 is 0. The van der Waals surface area contributed by atoms with Crippen molar-refractivity contribution >= 4 is 5.91 Å². The lowest BCUT2D eigenvalue weighted by atomic mass is 10.0. The van der Waals surface area contributed by atoms with Gasteiger partial charge in [-0.1, -0.05) is 18.2 Å². The normalized spacial score (nSPS) is 19.4. The topological polar surface area (TPSA) is 64.6 Å². The molecule has 1 fully saturated rings. The minimum atomic E-state index is -0.411. The zero-order valence-electron chi connectivity index (χ0n) is 14.6. The van der Waals surface area contributed by atoms with Gasteiger partial charge in [0.25, 0.3) is 0 Å². The Kier molecular flexibility index (Phi) is 5.28. The molecule has 0 spiro atoms. The van der Waals surface area contributed by atoms with Crippen molar-refractivity contribution in [3.63, 3.8) is 0 Å². The summed E-state index contributed by atoms with van der Waals surface area (Å²) < 4.78 is 11.9.